The molecule has 0 bridgehead atoms. The molecule has 0 aliphatic carbocycles. The highest BCUT2D eigenvalue weighted by atomic mass is 79.9. The number of halogens is 3. The molecule has 2 rings (SSSR count). The van der Waals surface area contributed by atoms with E-state index in [0.717, 1.165) is 21.2 Å². The average Bonchev–Trinajstić information content (AvgIpc) is 2.41. The van der Waals surface area contributed by atoms with E-state index in [1.54, 1.807) is 6.07 Å². The maximum absolute atomic E-state index is 13.8. The summed E-state index contributed by atoms with van der Waals surface area (Å²) in [5, 5.41) is 0. The Morgan fingerprint density at radius 2 is 1.95 bits per heavy atom. The van der Waals surface area contributed by atoms with Gasteiger partial charge in [-0.05, 0) is 41.8 Å². The van der Waals surface area contributed by atoms with E-state index < -0.39 is 0 Å². The first kappa shape index (κ1) is 14.5. The van der Waals surface area contributed by atoms with E-state index in [1.807, 2.05) is 31.2 Å². The maximum Gasteiger partial charge on any atom is 0.165 e. The van der Waals surface area contributed by atoms with Crippen LogP contribution in [0, 0.1) is 12.7 Å². The number of rotatable bonds is 3. The zero-order valence-electron chi connectivity index (χ0n) is 10.6. The van der Waals surface area contributed by atoms with E-state index in [9.17, 15) is 4.39 Å². The lowest BCUT2D eigenvalue weighted by Gasteiger charge is -2.15. The van der Waals surface area contributed by atoms with Crippen LogP contribution >= 0.6 is 31.9 Å². The van der Waals surface area contributed by atoms with Crippen LogP contribution in [-0.2, 0) is 0 Å². The lowest BCUT2D eigenvalue weighted by molar-refractivity contribution is 0.386. The number of hydrogen-bond donors (Lipinski definition) is 0. The standard InChI is InChI=1S/C15H13Br2FO/c1-9-11(4-3-5-12(9)16)15(17)10-6-7-14(19-2)13(18)8-10/h3-8,15H,1-2H3. The highest BCUT2D eigenvalue weighted by Gasteiger charge is 2.15. The molecule has 0 amide bonds. The lowest BCUT2D eigenvalue weighted by atomic mass is 10.0. The summed E-state index contributed by atoms with van der Waals surface area (Å²) in [6, 6.07) is 11.0. The third kappa shape index (κ3) is 3.00. The minimum Gasteiger partial charge on any atom is -0.494 e. The Bertz CT molecular complexity index is 599. The van der Waals surface area contributed by atoms with Crippen molar-refractivity contribution in [2.45, 2.75) is 11.8 Å². The van der Waals surface area contributed by atoms with Crippen LogP contribution in [0.15, 0.2) is 40.9 Å². The number of alkyl halides is 1. The molecule has 0 saturated carbocycles. The smallest absolute Gasteiger partial charge is 0.165 e. The first-order valence-corrected chi connectivity index (χ1v) is 7.48. The monoisotopic (exact) mass is 386 g/mol. The van der Waals surface area contributed by atoms with Gasteiger partial charge in [-0.25, -0.2) is 4.39 Å². The Hall–Kier alpha value is -0.870. The van der Waals surface area contributed by atoms with Crippen LogP contribution in [0.3, 0.4) is 0 Å². The van der Waals surface area contributed by atoms with Crippen molar-refractivity contribution in [1.29, 1.82) is 0 Å². The molecule has 1 unspecified atom stereocenters. The molecule has 0 heterocycles. The number of ether oxygens (including phenoxy) is 1. The zero-order chi connectivity index (χ0) is 14.0. The van der Waals surface area contributed by atoms with Gasteiger partial charge in [-0.2, -0.15) is 0 Å². The van der Waals surface area contributed by atoms with E-state index in [-0.39, 0.29) is 16.4 Å². The predicted octanol–water partition coefficient (Wildman–Crippen LogP) is 5.39. The van der Waals surface area contributed by atoms with Gasteiger partial charge in [-0.3, -0.25) is 0 Å². The van der Waals surface area contributed by atoms with Crippen LogP contribution in [0.4, 0.5) is 4.39 Å². The molecule has 0 radical (unpaired) electrons. The van der Waals surface area contributed by atoms with E-state index >= 15 is 0 Å². The first-order valence-electron chi connectivity index (χ1n) is 5.77. The van der Waals surface area contributed by atoms with Crippen molar-refractivity contribution in [3.63, 3.8) is 0 Å². The van der Waals surface area contributed by atoms with E-state index in [0.29, 0.717) is 0 Å². The third-order valence-corrected chi connectivity index (χ3v) is 4.93. The Morgan fingerprint density at radius 1 is 1.21 bits per heavy atom. The molecule has 0 saturated heterocycles. The lowest BCUT2D eigenvalue weighted by Crippen LogP contribution is -1.98. The second kappa shape index (κ2) is 6.06. The van der Waals surface area contributed by atoms with E-state index in [1.165, 1.54) is 13.2 Å². The fourth-order valence-electron chi connectivity index (χ4n) is 1.92. The van der Waals surface area contributed by atoms with E-state index in [4.69, 9.17) is 4.74 Å². The van der Waals surface area contributed by atoms with Gasteiger partial charge in [-0.15, -0.1) is 0 Å². The van der Waals surface area contributed by atoms with Gasteiger partial charge < -0.3 is 4.74 Å². The number of hydrogen-bond acceptors (Lipinski definition) is 1. The average molecular weight is 388 g/mol. The van der Waals surface area contributed by atoms with Crippen LogP contribution in [0.1, 0.15) is 21.5 Å². The minimum atomic E-state index is -0.350. The predicted molar refractivity (Wildman–Crippen MR) is 82.6 cm³/mol. The molecule has 0 aliphatic rings. The van der Waals surface area contributed by atoms with Crippen LogP contribution in [0.25, 0.3) is 0 Å². The number of methoxy groups -OCH3 is 1. The van der Waals surface area contributed by atoms with Gasteiger partial charge in [0.05, 0.1) is 11.9 Å². The van der Waals surface area contributed by atoms with Gasteiger partial charge >= 0.3 is 0 Å². The third-order valence-electron chi connectivity index (χ3n) is 3.05. The first-order chi connectivity index (χ1) is 9.04. The Morgan fingerprint density at radius 3 is 2.58 bits per heavy atom. The molecule has 2 aromatic carbocycles. The SMILES string of the molecule is COc1ccc(C(Br)c2cccc(Br)c2C)cc1F. The summed E-state index contributed by atoms with van der Waals surface area (Å²) in [4.78, 5) is -0.0505. The summed E-state index contributed by atoms with van der Waals surface area (Å²) < 4.78 is 19.7. The van der Waals surface area contributed by atoms with Crippen LogP contribution in [0.5, 0.6) is 5.75 Å². The Labute approximate surface area is 129 Å². The highest BCUT2D eigenvalue weighted by molar-refractivity contribution is 9.10. The van der Waals surface area contributed by atoms with Gasteiger partial charge in [0.2, 0.25) is 0 Å². The summed E-state index contributed by atoms with van der Waals surface area (Å²) in [6.45, 7) is 2.04. The van der Waals surface area contributed by atoms with Crippen molar-refractivity contribution < 1.29 is 9.13 Å². The van der Waals surface area contributed by atoms with Gasteiger partial charge in [-0.1, -0.05) is 50.1 Å². The molecule has 100 valence electrons. The maximum atomic E-state index is 13.8. The largest absolute Gasteiger partial charge is 0.494 e. The molecule has 2 aromatic rings. The van der Waals surface area contributed by atoms with Crippen molar-refractivity contribution >= 4 is 31.9 Å². The molecule has 0 fully saturated rings. The Kier molecular flexibility index (Phi) is 4.63. The molecular formula is C15H13Br2FO. The van der Waals surface area contributed by atoms with Gasteiger partial charge in [0.25, 0.3) is 0 Å². The van der Waals surface area contributed by atoms with Crippen molar-refractivity contribution in [3.8, 4) is 5.75 Å². The highest BCUT2D eigenvalue weighted by Crippen LogP contribution is 2.36. The molecule has 0 aromatic heterocycles. The molecule has 0 spiro atoms. The zero-order valence-corrected chi connectivity index (χ0v) is 13.8. The summed E-state index contributed by atoms with van der Waals surface area (Å²) in [5.74, 6) is -0.0912. The van der Waals surface area contributed by atoms with Crippen molar-refractivity contribution in [1.82, 2.24) is 0 Å². The quantitative estimate of drug-likeness (QED) is 0.641. The van der Waals surface area contributed by atoms with E-state index in [2.05, 4.69) is 31.9 Å². The molecule has 19 heavy (non-hydrogen) atoms. The fraction of sp³-hybridized carbons (Fsp3) is 0.200. The van der Waals surface area contributed by atoms with Crippen molar-refractivity contribution in [2.75, 3.05) is 7.11 Å². The summed E-state index contributed by atoms with van der Waals surface area (Å²) >= 11 is 7.14. The van der Waals surface area contributed by atoms with Crippen molar-refractivity contribution in [3.05, 3.63) is 63.4 Å². The summed E-state index contributed by atoms with van der Waals surface area (Å²) in [7, 11) is 1.46. The van der Waals surface area contributed by atoms with Gasteiger partial charge in [0, 0.05) is 4.47 Å². The molecule has 1 atom stereocenters. The molecule has 4 heteroatoms. The second-order valence-corrected chi connectivity index (χ2v) is 5.98. The molecule has 1 nitrogen and oxygen atoms in total. The van der Waals surface area contributed by atoms with Crippen molar-refractivity contribution in [2.24, 2.45) is 0 Å². The number of benzene rings is 2. The fourth-order valence-corrected chi connectivity index (χ4v) is 3.08. The summed E-state index contributed by atoms with van der Waals surface area (Å²) in [5.41, 5.74) is 3.11. The normalized spacial score (nSPS) is 12.3. The Balaban J connectivity index is 2.41. The summed E-state index contributed by atoms with van der Waals surface area (Å²) in [6.07, 6.45) is 0. The minimum absolute atomic E-state index is 0.0505. The topological polar surface area (TPSA) is 9.23 Å². The van der Waals surface area contributed by atoms with Crippen LogP contribution < -0.4 is 4.74 Å². The van der Waals surface area contributed by atoms with Crippen LogP contribution in [0.2, 0.25) is 0 Å². The van der Waals surface area contributed by atoms with Gasteiger partial charge in [0.15, 0.2) is 11.6 Å². The molecule has 0 aliphatic heterocycles. The van der Waals surface area contributed by atoms with Gasteiger partial charge in [0.1, 0.15) is 0 Å². The van der Waals surface area contributed by atoms with Crippen LogP contribution in [-0.4, -0.2) is 7.11 Å². The molecular weight excluding hydrogens is 375 g/mol. The second-order valence-electron chi connectivity index (χ2n) is 4.21. The molecule has 0 N–H and O–H groups in total.